The lowest BCUT2D eigenvalue weighted by atomic mass is 10.2. The number of nitrogens with zero attached hydrogens (tertiary/aromatic N) is 1. The summed E-state index contributed by atoms with van der Waals surface area (Å²) in [4.78, 5) is 5.31. The van der Waals surface area contributed by atoms with Crippen LogP contribution in [0.4, 0.5) is 0 Å². The zero-order valence-corrected chi connectivity index (χ0v) is 12.7. The molecule has 0 aromatic carbocycles. The Morgan fingerprint density at radius 1 is 1.38 bits per heavy atom. The van der Waals surface area contributed by atoms with Gasteiger partial charge >= 0.3 is 0 Å². The van der Waals surface area contributed by atoms with Crippen molar-refractivity contribution in [2.75, 3.05) is 0 Å². The van der Waals surface area contributed by atoms with E-state index in [0.29, 0.717) is 0 Å². The van der Waals surface area contributed by atoms with Crippen molar-refractivity contribution in [2.24, 2.45) is 5.73 Å². The van der Waals surface area contributed by atoms with Gasteiger partial charge in [0.15, 0.2) is 0 Å². The van der Waals surface area contributed by atoms with E-state index in [1.807, 2.05) is 18.2 Å². The van der Waals surface area contributed by atoms with Crippen molar-refractivity contribution in [3.05, 3.63) is 48.2 Å². The Hall–Kier alpha value is 0.0600. The third-order valence-electron chi connectivity index (χ3n) is 2.03. The number of rotatable bonds is 2. The molecule has 2 rings (SSSR count). The van der Waals surface area contributed by atoms with Crippen LogP contribution in [0.3, 0.4) is 0 Å². The van der Waals surface area contributed by atoms with Crippen LogP contribution in [0.15, 0.2) is 33.3 Å². The highest BCUT2D eigenvalue weighted by molar-refractivity contribution is 9.11. The van der Waals surface area contributed by atoms with E-state index in [2.05, 4.69) is 36.8 Å². The van der Waals surface area contributed by atoms with Crippen molar-refractivity contribution in [2.45, 2.75) is 6.04 Å². The Kier molecular flexibility index (Phi) is 4.02. The van der Waals surface area contributed by atoms with Crippen molar-refractivity contribution in [1.29, 1.82) is 0 Å². The fourth-order valence-electron chi connectivity index (χ4n) is 1.28. The molecule has 0 saturated heterocycles. The summed E-state index contributed by atoms with van der Waals surface area (Å²) in [5.41, 5.74) is 6.93. The molecule has 2 aromatic rings. The topological polar surface area (TPSA) is 38.9 Å². The molecule has 1 atom stereocenters. The molecule has 1 unspecified atom stereocenters. The quantitative estimate of drug-likeness (QED) is 0.838. The molecule has 0 fully saturated rings. The molecular weight excluding hydrogens is 375 g/mol. The Labute approximate surface area is 119 Å². The summed E-state index contributed by atoms with van der Waals surface area (Å²) >= 11 is 14.2. The van der Waals surface area contributed by atoms with E-state index in [4.69, 9.17) is 17.3 Å². The lowest BCUT2D eigenvalue weighted by Crippen LogP contribution is -2.12. The molecule has 0 aliphatic carbocycles. The fraction of sp³-hybridized carbons (Fsp3) is 0.100. The summed E-state index contributed by atoms with van der Waals surface area (Å²) in [6, 6.07) is 5.44. The molecule has 2 nitrogen and oxygen atoms in total. The summed E-state index contributed by atoms with van der Waals surface area (Å²) in [5, 5.41) is 0. The van der Waals surface area contributed by atoms with Gasteiger partial charge in [-0.1, -0.05) is 11.6 Å². The van der Waals surface area contributed by atoms with E-state index in [0.717, 1.165) is 23.9 Å². The largest absolute Gasteiger partial charge is 0.318 e. The van der Waals surface area contributed by atoms with E-state index < -0.39 is 0 Å². The normalized spacial score (nSPS) is 12.8. The minimum atomic E-state index is -0.250. The van der Waals surface area contributed by atoms with E-state index >= 15 is 0 Å². The number of halogens is 3. The molecule has 0 radical (unpaired) electrons. The summed E-state index contributed by atoms with van der Waals surface area (Å²) in [6.45, 7) is 0. The first kappa shape index (κ1) is 12.5. The Bertz CT molecular complexity index is 515. The lowest BCUT2D eigenvalue weighted by molar-refractivity contribution is 0.838. The van der Waals surface area contributed by atoms with Crippen LogP contribution in [0.1, 0.15) is 16.6 Å². The minimum absolute atomic E-state index is 0.250. The Morgan fingerprint density at radius 3 is 2.69 bits per heavy atom. The zero-order chi connectivity index (χ0) is 11.7. The van der Waals surface area contributed by atoms with Crippen molar-refractivity contribution in [1.82, 2.24) is 4.98 Å². The van der Waals surface area contributed by atoms with Crippen molar-refractivity contribution >= 4 is 54.8 Å². The number of hydrogen-bond acceptors (Lipinski definition) is 3. The molecule has 2 aromatic heterocycles. The molecular formula is C10H7Br2ClN2S. The molecule has 0 bridgehead atoms. The van der Waals surface area contributed by atoms with E-state index in [1.165, 1.54) is 11.3 Å². The maximum Gasteiger partial charge on any atom is 0.0931 e. The van der Waals surface area contributed by atoms with Crippen LogP contribution in [-0.2, 0) is 0 Å². The summed E-state index contributed by atoms with van der Waals surface area (Å²) in [7, 11) is 0. The molecule has 0 aliphatic heterocycles. The Morgan fingerprint density at radius 2 is 2.12 bits per heavy atom. The van der Waals surface area contributed by atoms with E-state index in [9.17, 15) is 0 Å². The van der Waals surface area contributed by atoms with E-state index in [-0.39, 0.29) is 6.04 Å². The molecule has 0 spiro atoms. The molecule has 0 aliphatic rings. The number of aromatic nitrogens is 1. The fourth-order valence-corrected chi connectivity index (χ4v) is 3.58. The molecule has 6 heteroatoms. The first-order valence-corrected chi connectivity index (χ1v) is 7.17. The highest BCUT2D eigenvalue weighted by atomic mass is 79.9. The van der Waals surface area contributed by atoms with Crippen LogP contribution in [0, 0.1) is 0 Å². The predicted molar refractivity (Wildman–Crippen MR) is 75.0 cm³/mol. The average Bonchev–Trinajstić information content (AvgIpc) is 2.64. The van der Waals surface area contributed by atoms with Gasteiger partial charge in [-0.05, 0) is 50.1 Å². The molecule has 84 valence electrons. The van der Waals surface area contributed by atoms with Crippen LogP contribution in [0.5, 0.6) is 0 Å². The maximum atomic E-state index is 6.12. The van der Waals surface area contributed by atoms with Crippen LogP contribution < -0.4 is 5.73 Å². The standard InChI is InChI=1S/C10H7Br2ClN2S/c11-5-3-6(12)10(15-4-5)9(14)7-1-2-8(13)16-7/h1-4,9H,14H2. The van der Waals surface area contributed by atoms with E-state index in [1.54, 1.807) is 6.20 Å². The SMILES string of the molecule is NC(c1ccc(Cl)s1)c1ncc(Br)cc1Br. The number of pyridine rings is 1. The van der Waals surface area contributed by atoms with Crippen LogP contribution in [0.25, 0.3) is 0 Å². The second kappa shape index (κ2) is 5.14. The van der Waals surface area contributed by atoms with Gasteiger partial charge in [0.1, 0.15) is 0 Å². The van der Waals surface area contributed by atoms with Gasteiger partial charge < -0.3 is 5.73 Å². The van der Waals surface area contributed by atoms with Crippen molar-refractivity contribution in [3.63, 3.8) is 0 Å². The zero-order valence-electron chi connectivity index (χ0n) is 7.95. The van der Waals surface area contributed by atoms with Crippen LogP contribution in [0.2, 0.25) is 4.34 Å². The lowest BCUT2D eigenvalue weighted by Gasteiger charge is -2.10. The summed E-state index contributed by atoms with van der Waals surface area (Å²) < 4.78 is 2.54. The summed E-state index contributed by atoms with van der Waals surface area (Å²) in [5.74, 6) is 0. The molecule has 16 heavy (non-hydrogen) atoms. The number of thiophene rings is 1. The molecule has 0 saturated carbocycles. The maximum absolute atomic E-state index is 6.12. The van der Waals surface area contributed by atoms with Crippen molar-refractivity contribution < 1.29 is 0 Å². The minimum Gasteiger partial charge on any atom is -0.318 e. The van der Waals surface area contributed by atoms with Crippen molar-refractivity contribution in [3.8, 4) is 0 Å². The smallest absolute Gasteiger partial charge is 0.0931 e. The first-order valence-electron chi connectivity index (χ1n) is 4.39. The first-order chi connectivity index (χ1) is 7.58. The average molecular weight is 383 g/mol. The third kappa shape index (κ3) is 2.65. The second-order valence-corrected chi connectivity index (χ2v) is 6.66. The second-order valence-electron chi connectivity index (χ2n) is 3.14. The van der Waals surface area contributed by atoms with Gasteiger partial charge in [-0.15, -0.1) is 11.3 Å². The van der Waals surface area contributed by atoms with Gasteiger partial charge in [-0.2, -0.15) is 0 Å². The van der Waals surface area contributed by atoms with Gasteiger partial charge in [-0.25, -0.2) is 0 Å². The van der Waals surface area contributed by atoms with Crippen LogP contribution >= 0.6 is 54.8 Å². The van der Waals surface area contributed by atoms with Gasteiger partial charge in [-0.3, -0.25) is 4.98 Å². The predicted octanol–water partition coefficient (Wildman–Crippen LogP) is 4.37. The Balaban J connectivity index is 2.37. The molecule has 2 N–H and O–H groups in total. The third-order valence-corrected chi connectivity index (χ3v) is 4.41. The monoisotopic (exact) mass is 380 g/mol. The highest BCUT2D eigenvalue weighted by Crippen LogP contribution is 2.32. The highest BCUT2D eigenvalue weighted by Gasteiger charge is 2.15. The van der Waals surface area contributed by atoms with Gasteiger partial charge in [0.25, 0.3) is 0 Å². The van der Waals surface area contributed by atoms with Gasteiger partial charge in [0, 0.05) is 20.0 Å². The van der Waals surface area contributed by atoms with Gasteiger partial charge in [0.2, 0.25) is 0 Å². The van der Waals surface area contributed by atoms with Gasteiger partial charge in [0.05, 0.1) is 16.1 Å². The van der Waals surface area contributed by atoms with Crippen LogP contribution in [-0.4, -0.2) is 4.98 Å². The number of hydrogen-bond donors (Lipinski definition) is 1. The summed E-state index contributed by atoms with van der Waals surface area (Å²) in [6.07, 6.45) is 1.73. The molecule has 0 amide bonds. The molecule has 2 heterocycles. The number of nitrogens with two attached hydrogens (primary N) is 1.